The van der Waals surface area contributed by atoms with Gasteiger partial charge in [-0.15, -0.1) is 0 Å². The standard InChI is InChI=1S/C72H81N5O18/c1-37(2)33-76-26-28-77(29-27-76)50-31-52(81)59-53(32-50)93-68-60(74-59)56-57-63(85)44(9)67-58(56)69(87)72(11,95-67)91-30-25-38(3)41(6)66(92-45(10)80)43(8)62(84)42(7)65(39(4)15-14-16-40(5)70(88)75-61(68)64(57)86)94-71(89)51-18-13-12-17-47(51)36-90-55(83)24-23-54(82)73-49-21-19-46(20-22-49)48(34-78)35-79/h12-22,25,30-32,34-35,37-39,41-43,48,62,65-66,81,84-85H,23-24,26-29,33,36H2,1-11H3,(H,73,82)(H,75,88)/b15-14+,30-25+,40-16-/t38-,39-,41+,42-,43+,62+,65-,66+,72-/m0/s1. The van der Waals surface area contributed by atoms with Crippen LogP contribution in [0.5, 0.6) is 17.2 Å². The molecule has 0 unspecified atom stereocenters. The third-order valence-electron chi connectivity index (χ3n) is 18.2. The highest BCUT2D eigenvalue weighted by Crippen LogP contribution is 2.51. The van der Waals surface area contributed by atoms with Crippen molar-refractivity contribution in [2.24, 2.45) is 35.5 Å². The fraction of sp³-hybridized carbons (Fsp3) is 0.417. The lowest BCUT2D eigenvalue weighted by atomic mass is 9.76. The Morgan fingerprint density at radius 1 is 0.853 bits per heavy atom. The molecule has 4 aromatic carbocycles. The van der Waals surface area contributed by atoms with E-state index in [0.717, 1.165) is 19.6 Å². The Hall–Kier alpha value is -9.74. The summed E-state index contributed by atoms with van der Waals surface area (Å²) in [7, 11) is 0. The number of hydrogen-bond acceptors (Lipinski definition) is 21. The fourth-order valence-electron chi connectivity index (χ4n) is 12.5. The van der Waals surface area contributed by atoms with E-state index >= 15 is 9.59 Å². The highest BCUT2D eigenvalue weighted by Gasteiger charge is 2.50. The largest absolute Gasteiger partial charge is 0.507 e. The van der Waals surface area contributed by atoms with Gasteiger partial charge in [-0.05, 0) is 61.4 Å². The van der Waals surface area contributed by atoms with Gasteiger partial charge in [0.05, 0.1) is 41.2 Å². The summed E-state index contributed by atoms with van der Waals surface area (Å²) in [6, 6.07) is 15.6. The number of carbonyl (C=O) groups is 8. The minimum atomic E-state index is -2.12. The van der Waals surface area contributed by atoms with E-state index in [9.17, 15) is 48.9 Å². The van der Waals surface area contributed by atoms with Crippen molar-refractivity contribution >= 4 is 87.0 Å². The molecule has 4 aromatic rings. The van der Waals surface area contributed by atoms with Crippen LogP contribution in [0, 0.1) is 42.4 Å². The van der Waals surface area contributed by atoms with Crippen LogP contribution in [0.4, 0.5) is 17.1 Å². The number of anilines is 3. The Bertz CT molecular complexity index is 4080. The first-order valence-electron chi connectivity index (χ1n) is 31.8. The lowest BCUT2D eigenvalue weighted by Gasteiger charge is -2.38. The molecule has 5 bridgehead atoms. The number of esters is 3. The summed E-state index contributed by atoms with van der Waals surface area (Å²) in [5.41, 5.74) is 0.0145. The average molecular weight is 1300 g/mol. The van der Waals surface area contributed by atoms with Crippen LogP contribution in [0.3, 0.4) is 0 Å². The first kappa shape index (κ1) is 69.6. The molecule has 9 atom stereocenters. The van der Waals surface area contributed by atoms with E-state index in [1.54, 1.807) is 70.2 Å². The van der Waals surface area contributed by atoms with Crippen molar-refractivity contribution in [3.05, 3.63) is 135 Å². The van der Waals surface area contributed by atoms with Crippen LogP contribution in [0.15, 0.2) is 106 Å². The number of piperazine rings is 1. The molecule has 502 valence electrons. The summed E-state index contributed by atoms with van der Waals surface area (Å²) in [4.78, 5) is 130. The van der Waals surface area contributed by atoms with Gasteiger partial charge >= 0.3 is 23.7 Å². The van der Waals surface area contributed by atoms with Crippen molar-refractivity contribution in [3.63, 3.8) is 0 Å². The number of fused-ring (bicyclic) bond motifs is 14. The Balaban J connectivity index is 1.06. The summed E-state index contributed by atoms with van der Waals surface area (Å²) in [5.74, 6) is -11.7. The van der Waals surface area contributed by atoms with Crippen LogP contribution >= 0.6 is 0 Å². The summed E-state index contributed by atoms with van der Waals surface area (Å²) in [5, 5.41) is 41.1. The van der Waals surface area contributed by atoms with Crippen molar-refractivity contribution in [2.75, 3.05) is 48.3 Å². The van der Waals surface area contributed by atoms with E-state index in [4.69, 9.17) is 33.1 Å². The van der Waals surface area contributed by atoms with Gasteiger partial charge in [0.15, 0.2) is 11.3 Å². The van der Waals surface area contributed by atoms with E-state index in [1.165, 1.54) is 76.4 Å². The number of carbonyl (C=O) groups excluding carboxylic acids is 8. The number of phenols is 2. The van der Waals surface area contributed by atoms with Crippen molar-refractivity contribution in [1.29, 1.82) is 0 Å². The molecule has 5 N–H and O–H groups in total. The number of ether oxygens (including phenoxy) is 5. The molecule has 10 rings (SSSR count). The van der Waals surface area contributed by atoms with Gasteiger partial charge < -0.3 is 68.5 Å². The zero-order chi connectivity index (χ0) is 68.9. The number of rotatable bonds is 15. The number of amides is 2. The Labute approximate surface area is 549 Å². The molecule has 1 aliphatic carbocycles. The smallest absolute Gasteiger partial charge is 0.338 e. The molecule has 23 nitrogen and oxygen atoms in total. The van der Waals surface area contributed by atoms with Crippen LogP contribution < -0.4 is 25.7 Å². The van der Waals surface area contributed by atoms with Crippen molar-refractivity contribution in [2.45, 2.75) is 126 Å². The third-order valence-corrected chi connectivity index (χ3v) is 18.2. The molecule has 6 aliphatic rings. The number of phenolic OH excluding ortho intramolecular Hbond substituents is 2. The topological polar surface area (TPSA) is 317 Å². The molecule has 5 aliphatic heterocycles. The molecule has 0 spiro atoms. The summed E-state index contributed by atoms with van der Waals surface area (Å²) in [6.07, 6.45) is 4.47. The number of aliphatic hydroxyl groups excluding tert-OH is 1. The number of benzene rings is 5. The van der Waals surface area contributed by atoms with Crippen LogP contribution in [-0.4, -0.2) is 130 Å². The first-order chi connectivity index (χ1) is 45.1. The van der Waals surface area contributed by atoms with Crippen molar-refractivity contribution in [3.8, 4) is 28.7 Å². The van der Waals surface area contributed by atoms with E-state index in [0.29, 0.717) is 48.5 Å². The van der Waals surface area contributed by atoms with Gasteiger partial charge in [-0.25, -0.2) is 9.78 Å². The number of nitrogens with one attached hydrogen (secondary N) is 2. The molecule has 0 saturated carbocycles. The number of nitrogens with zero attached hydrogens (tertiary/aromatic N) is 3. The number of aliphatic hydroxyl groups is 1. The van der Waals surface area contributed by atoms with Gasteiger partial charge in [0.1, 0.15) is 65.5 Å². The quantitative estimate of drug-likeness (QED) is 0.0159. The van der Waals surface area contributed by atoms with Gasteiger partial charge in [-0.1, -0.05) is 97.0 Å². The molecule has 0 radical (unpaired) electrons. The molecule has 0 aromatic heterocycles. The second kappa shape index (κ2) is 29.3. The molecule has 95 heavy (non-hydrogen) atoms. The SMILES string of the molecule is CC(=O)O[C@H]1[C@H](C)[C@H](O)[C@H](C)[C@@H](OC(=O)c2ccccc2COC(=O)CCC(=O)Nc2ccc(C(C=O)C=O)cc2)[C@@H](C)/C=C/C=C(/C)C(=O)Nc2c3oc4cc(N5CCN(CC(C)C)CC5)cc(O)c4nc-3c3c4c(c(C)c(O)c3c2=O)O[C@](C)(O/C=C/[C@H](C)[C@H]1C)C4=O. The van der Waals surface area contributed by atoms with Crippen LogP contribution in [0.2, 0.25) is 0 Å². The maximum atomic E-state index is 15.2. The number of allylic oxidation sites excluding steroid dienone is 3. The third kappa shape index (κ3) is 15.0. The van der Waals surface area contributed by atoms with Crippen LogP contribution in [-0.2, 0) is 54.3 Å². The highest BCUT2D eigenvalue weighted by molar-refractivity contribution is 6.22. The molecule has 23 heteroatoms. The van der Waals surface area contributed by atoms with Gasteiger partial charge in [-0.3, -0.25) is 33.7 Å². The number of hydrogen-bond donors (Lipinski definition) is 5. The predicted octanol–water partition coefficient (Wildman–Crippen LogP) is 9.86. The molecular formula is C72H81N5O18. The Morgan fingerprint density at radius 2 is 1.54 bits per heavy atom. The van der Waals surface area contributed by atoms with Gasteiger partial charge in [-0.2, -0.15) is 0 Å². The van der Waals surface area contributed by atoms with E-state index in [2.05, 4.69) is 34.3 Å². The Morgan fingerprint density at radius 3 is 2.21 bits per heavy atom. The normalized spacial score (nSPS) is 24.1. The molecule has 2 amide bonds. The molecular weight excluding hydrogens is 1220 g/mol. The molecule has 5 heterocycles. The monoisotopic (exact) mass is 1300 g/mol. The molecule has 1 fully saturated rings. The maximum absolute atomic E-state index is 15.2. The van der Waals surface area contributed by atoms with Gasteiger partial charge in [0.25, 0.3) is 11.7 Å². The fourth-order valence-corrected chi connectivity index (χ4v) is 12.5. The minimum Gasteiger partial charge on any atom is -0.507 e. The van der Waals surface area contributed by atoms with Crippen LogP contribution in [0.1, 0.15) is 125 Å². The average Bonchev–Trinajstić information content (AvgIpc) is 1.67. The van der Waals surface area contributed by atoms with E-state index in [-0.39, 0.29) is 86.7 Å². The Kier molecular flexibility index (Phi) is 21.4. The minimum absolute atomic E-state index is 0.000699. The van der Waals surface area contributed by atoms with E-state index < -0.39 is 117 Å². The second-order valence-corrected chi connectivity index (χ2v) is 25.5. The van der Waals surface area contributed by atoms with Gasteiger partial charge in [0, 0.05) is 116 Å². The number of ketones is 1. The number of aromatic hydroxyl groups is 2. The lowest BCUT2D eigenvalue weighted by molar-refractivity contribution is -0.158. The summed E-state index contributed by atoms with van der Waals surface area (Å²) in [6.45, 7) is 21.9. The molecule has 1 saturated heterocycles. The predicted molar refractivity (Wildman–Crippen MR) is 353 cm³/mol. The van der Waals surface area contributed by atoms with E-state index in [1.807, 2.05) is 6.92 Å². The maximum Gasteiger partial charge on any atom is 0.338 e. The van der Waals surface area contributed by atoms with Crippen molar-refractivity contribution in [1.82, 2.24) is 9.88 Å². The lowest BCUT2D eigenvalue weighted by Crippen LogP contribution is -2.47. The summed E-state index contributed by atoms with van der Waals surface area (Å²) < 4.78 is 37.0. The zero-order valence-corrected chi connectivity index (χ0v) is 55.1. The number of aldehydes is 2. The van der Waals surface area contributed by atoms with Gasteiger partial charge in [0.2, 0.25) is 11.3 Å². The van der Waals surface area contributed by atoms with Crippen LogP contribution in [0.25, 0.3) is 33.3 Å². The zero-order valence-electron chi connectivity index (χ0n) is 55.1. The number of Topliss-reactive ketones (excluding diaryl/α,β-unsaturated/α-hetero) is 1. The first-order valence-corrected chi connectivity index (χ1v) is 31.8. The van der Waals surface area contributed by atoms with Crippen molar-refractivity contribution < 1.29 is 81.8 Å². The number of aromatic nitrogens is 1. The highest BCUT2D eigenvalue weighted by atomic mass is 16.7. The second-order valence-electron chi connectivity index (χ2n) is 25.5. The summed E-state index contributed by atoms with van der Waals surface area (Å²) >= 11 is 0.